The minimum Gasteiger partial charge on any atom is -0.506 e. The van der Waals surface area contributed by atoms with Crippen molar-refractivity contribution in [3.8, 4) is 5.75 Å². The van der Waals surface area contributed by atoms with Crippen molar-refractivity contribution in [2.45, 2.75) is 6.43 Å². The van der Waals surface area contributed by atoms with Crippen LogP contribution in [0.3, 0.4) is 0 Å². The zero-order valence-electron chi connectivity index (χ0n) is 6.47. The minimum absolute atomic E-state index is 0.127. The van der Waals surface area contributed by atoms with Gasteiger partial charge in [-0.1, -0.05) is 0 Å². The number of hydrogen-bond acceptors (Lipinski definition) is 3. The maximum atomic E-state index is 12.4. The van der Waals surface area contributed by atoms with E-state index < -0.39 is 23.0 Å². The van der Waals surface area contributed by atoms with Crippen LogP contribution in [0.2, 0.25) is 0 Å². The van der Waals surface area contributed by atoms with Gasteiger partial charge in [0.25, 0.3) is 11.7 Å². The summed E-state index contributed by atoms with van der Waals surface area (Å²) in [6, 6.07) is 0. The van der Waals surface area contributed by atoms with Crippen LogP contribution in [0.15, 0.2) is 6.20 Å². The average molecular weight is 333 g/mol. The van der Waals surface area contributed by atoms with Gasteiger partial charge in [-0.05, 0) is 34.2 Å². The molecular weight excluding hydrogens is 330 g/mol. The van der Waals surface area contributed by atoms with Crippen molar-refractivity contribution in [1.29, 1.82) is 0 Å². The fourth-order valence-corrected chi connectivity index (χ4v) is 2.04. The van der Waals surface area contributed by atoms with Gasteiger partial charge in [-0.3, -0.25) is 4.79 Å². The number of aromatic hydroxyl groups is 1. The lowest BCUT2D eigenvalue weighted by Gasteiger charge is -2.07. The van der Waals surface area contributed by atoms with Crippen molar-refractivity contribution in [2.75, 3.05) is 0 Å². The van der Waals surface area contributed by atoms with E-state index in [0.29, 0.717) is 0 Å². The summed E-state index contributed by atoms with van der Waals surface area (Å²) < 4.78 is 24.6. The topological polar surface area (TPSA) is 50.2 Å². The van der Waals surface area contributed by atoms with Crippen LogP contribution >= 0.6 is 34.2 Å². The molecule has 0 aliphatic carbocycles. The van der Waals surface area contributed by atoms with Gasteiger partial charge in [0.05, 0.1) is 15.3 Å². The van der Waals surface area contributed by atoms with Gasteiger partial charge in [0, 0.05) is 0 Å². The van der Waals surface area contributed by atoms with Gasteiger partial charge in [0.1, 0.15) is 11.4 Å². The summed E-state index contributed by atoms with van der Waals surface area (Å²) >= 11 is 6.59. The van der Waals surface area contributed by atoms with Crippen molar-refractivity contribution in [3.05, 3.63) is 21.0 Å². The highest BCUT2D eigenvalue weighted by atomic mass is 127. The van der Waals surface area contributed by atoms with E-state index in [-0.39, 0.29) is 9.26 Å². The molecule has 0 saturated heterocycles. The standard InChI is InChI=1S/C7H3ClF2INO2/c8-6(14)5-4(11)3(7(9)10)2(13)1-12-5/h1,7,13H. The molecule has 0 aromatic carbocycles. The predicted octanol–water partition coefficient (Wildman–Crippen LogP) is 2.71. The van der Waals surface area contributed by atoms with Crippen molar-refractivity contribution >= 4 is 39.4 Å². The number of halogens is 4. The van der Waals surface area contributed by atoms with E-state index in [1.54, 1.807) is 0 Å². The second-order valence-corrected chi connectivity index (χ2v) is 3.72. The predicted molar refractivity (Wildman–Crippen MR) is 53.8 cm³/mol. The summed E-state index contributed by atoms with van der Waals surface area (Å²) in [4.78, 5) is 14.2. The molecule has 0 bridgehead atoms. The Kier molecular flexibility index (Phi) is 3.59. The minimum atomic E-state index is -2.88. The molecule has 0 saturated carbocycles. The van der Waals surface area contributed by atoms with Gasteiger partial charge in [0.2, 0.25) is 0 Å². The molecule has 0 atom stereocenters. The van der Waals surface area contributed by atoms with Crippen LogP contribution < -0.4 is 0 Å². The first-order chi connectivity index (χ1) is 6.45. The molecule has 0 unspecified atom stereocenters. The maximum Gasteiger partial charge on any atom is 0.271 e. The number of hydrogen-bond donors (Lipinski definition) is 1. The zero-order chi connectivity index (χ0) is 10.9. The number of aromatic nitrogens is 1. The highest BCUT2D eigenvalue weighted by molar-refractivity contribution is 14.1. The lowest BCUT2D eigenvalue weighted by atomic mass is 10.2. The molecule has 1 N–H and O–H groups in total. The molecule has 1 heterocycles. The van der Waals surface area contributed by atoms with Gasteiger partial charge in [-0.15, -0.1) is 0 Å². The van der Waals surface area contributed by atoms with E-state index >= 15 is 0 Å². The van der Waals surface area contributed by atoms with E-state index in [1.165, 1.54) is 22.6 Å². The Labute approximate surface area is 96.2 Å². The van der Waals surface area contributed by atoms with Crippen molar-refractivity contribution in [1.82, 2.24) is 4.98 Å². The van der Waals surface area contributed by atoms with Crippen LogP contribution in [0.1, 0.15) is 22.5 Å². The maximum absolute atomic E-state index is 12.4. The second-order valence-electron chi connectivity index (χ2n) is 2.29. The molecule has 14 heavy (non-hydrogen) atoms. The van der Waals surface area contributed by atoms with Crippen molar-refractivity contribution < 1.29 is 18.7 Å². The molecule has 1 aromatic rings. The SMILES string of the molecule is O=C(Cl)c1ncc(O)c(C(F)F)c1I. The molecule has 0 spiro atoms. The first-order valence-electron chi connectivity index (χ1n) is 3.30. The van der Waals surface area contributed by atoms with Crippen LogP contribution in [-0.4, -0.2) is 15.3 Å². The van der Waals surface area contributed by atoms with Gasteiger partial charge < -0.3 is 5.11 Å². The third-order valence-corrected chi connectivity index (χ3v) is 2.71. The first kappa shape index (κ1) is 11.6. The molecule has 76 valence electrons. The van der Waals surface area contributed by atoms with E-state index in [2.05, 4.69) is 4.98 Å². The van der Waals surface area contributed by atoms with Gasteiger partial charge in [-0.25, -0.2) is 13.8 Å². The Balaban J connectivity index is 3.41. The molecule has 3 nitrogen and oxygen atoms in total. The Morgan fingerprint density at radius 3 is 2.64 bits per heavy atom. The number of alkyl halides is 2. The largest absolute Gasteiger partial charge is 0.506 e. The lowest BCUT2D eigenvalue weighted by Crippen LogP contribution is -2.02. The molecule has 0 aliphatic heterocycles. The van der Waals surface area contributed by atoms with E-state index in [9.17, 15) is 13.6 Å². The highest BCUT2D eigenvalue weighted by Crippen LogP contribution is 2.33. The number of carbonyl (C=O) groups is 1. The lowest BCUT2D eigenvalue weighted by molar-refractivity contribution is 0.107. The van der Waals surface area contributed by atoms with Crippen molar-refractivity contribution in [3.63, 3.8) is 0 Å². The smallest absolute Gasteiger partial charge is 0.271 e. The average Bonchev–Trinajstić information content (AvgIpc) is 2.02. The summed E-state index contributed by atoms with van der Waals surface area (Å²) in [5, 5.41) is 8.13. The summed E-state index contributed by atoms with van der Waals surface area (Å²) in [5.41, 5.74) is -0.898. The van der Waals surface area contributed by atoms with Crippen LogP contribution in [0.25, 0.3) is 0 Å². The summed E-state index contributed by atoms with van der Waals surface area (Å²) in [5.74, 6) is -0.647. The highest BCUT2D eigenvalue weighted by Gasteiger charge is 2.22. The fourth-order valence-electron chi connectivity index (χ4n) is 0.837. The quantitative estimate of drug-likeness (QED) is 0.669. The molecule has 7 heteroatoms. The van der Waals surface area contributed by atoms with Gasteiger partial charge in [-0.2, -0.15) is 0 Å². The molecule has 1 aromatic heterocycles. The molecule has 0 aliphatic rings. The van der Waals surface area contributed by atoms with Crippen LogP contribution in [0.5, 0.6) is 5.75 Å². The Morgan fingerprint density at radius 2 is 2.21 bits per heavy atom. The summed E-state index contributed by atoms with van der Waals surface area (Å²) in [7, 11) is 0. The van der Waals surface area contributed by atoms with E-state index in [4.69, 9.17) is 16.7 Å². The van der Waals surface area contributed by atoms with E-state index in [0.717, 1.165) is 6.20 Å². The Bertz CT molecular complexity index is 386. The number of nitrogens with zero attached hydrogens (tertiary/aromatic N) is 1. The number of carbonyl (C=O) groups excluding carboxylic acids is 1. The monoisotopic (exact) mass is 333 g/mol. The molecule has 0 radical (unpaired) electrons. The normalized spacial score (nSPS) is 10.6. The molecule has 0 amide bonds. The van der Waals surface area contributed by atoms with Crippen molar-refractivity contribution in [2.24, 2.45) is 0 Å². The third-order valence-electron chi connectivity index (χ3n) is 1.44. The van der Waals surface area contributed by atoms with Crippen LogP contribution in [0.4, 0.5) is 8.78 Å². The van der Waals surface area contributed by atoms with Crippen LogP contribution in [0, 0.1) is 3.57 Å². The van der Waals surface area contributed by atoms with Crippen LogP contribution in [-0.2, 0) is 0 Å². The molecule has 0 fully saturated rings. The molecular formula is C7H3ClF2INO2. The zero-order valence-corrected chi connectivity index (χ0v) is 9.38. The summed E-state index contributed by atoms with van der Waals surface area (Å²) in [6.45, 7) is 0. The number of pyridine rings is 1. The van der Waals surface area contributed by atoms with Gasteiger partial charge >= 0.3 is 0 Å². The first-order valence-corrected chi connectivity index (χ1v) is 4.76. The Hall–Kier alpha value is -0.500. The molecule has 1 rings (SSSR count). The summed E-state index contributed by atoms with van der Waals surface area (Å²) in [6.07, 6.45) is -2.10. The Morgan fingerprint density at radius 1 is 1.64 bits per heavy atom. The third kappa shape index (κ3) is 2.11. The second kappa shape index (κ2) is 4.35. The van der Waals surface area contributed by atoms with Gasteiger partial charge in [0.15, 0.2) is 0 Å². The van der Waals surface area contributed by atoms with E-state index in [1.807, 2.05) is 0 Å². The fraction of sp³-hybridized carbons (Fsp3) is 0.143. The number of rotatable bonds is 2.